The van der Waals surface area contributed by atoms with Crippen molar-refractivity contribution in [3.63, 3.8) is 0 Å². The Morgan fingerprint density at radius 3 is 2.00 bits per heavy atom. The number of halogens is 1. The van der Waals surface area contributed by atoms with Crippen LogP contribution < -0.4 is 0 Å². The maximum Gasteiger partial charge on any atom is 0.0448 e. The van der Waals surface area contributed by atoms with Crippen LogP contribution in [0.1, 0.15) is 41.0 Å². The molecule has 0 aliphatic heterocycles. The van der Waals surface area contributed by atoms with Crippen LogP contribution in [0, 0.1) is 0 Å². The van der Waals surface area contributed by atoms with Crippen LogP contribution in [-0.2, 0) is 0 Å². The molecule has 0 spiro atoms. The molecule has 0 saturated heterocycles. The summed E-state index contributed by atoms with van der Waals surface area (Å²) in [6.45, 7) is 11.9. The zero-order chi connectivity index (χ0) is 9.78. The van der Waals surface area contributed by atoms with E-state index in [1.807, 2.05) is 0 Å². The molecule has 0 bridgehead atoms. The summed E-state index contributed by atoms with van der Waals surface area (Å²) in [6.07, 6.45) is 1.22. The van der Waals surface area contributed by atoms with Crippen molar-refractivity contribution >= 4 is 20.4 Å². The first-order valence-corrected chi connectivity index (χ1v) is 7.55. The first-order chi connectivity index (χ1) is 5.39. The van der Waals surface area contributed by atoms with E-state index in [-0.39, 0.29) is 0 Å². The number of rotatable bonds is 4. The van der Waals surface area contributed by atoms with E-state index in [1.165, 1.54) is 12.5 Å². The zero-order valence-corrected chi connectivity index (χ0v) is 11.1. The van der Waals surface area contributed by atoms with Crippen LogP contribution in [0.5, 0.6) is 0 Å². The predicted octanol–water partition coefficient (Wildman–Crippen LogP) is 4.05. The van der Waals surface area contributed by atoms with E-state index in [1.54, 1.807) is 0 Å². The molecule has 0 amide bonds. The van der Waals surface area contributed by atoms with E-state index in [0.717, 1.165) is 11.4 Å². The summed E-state index contributed by atoms with van der Waals surface area (Å²) in [5.74, 6) is 0.840. The van der Waals surface area contributed by atoms with E-state index in [0.29, 0.717) is 5.04 Å². The highest BCUT2D eigenvalue weighted by atomic mass is 35.5. The molecule has 0 aromatic rings. The van der Waals surface area contributed by atoms with Crippen molar-refractivity contribution < 1.29 is 0 Å². The molecule has 0 fully saturated rings. The van der Waals surface area contributed by atoms with E-state index < -0.39 is 8.80 Å². The van der Waals surface area contributed by atoms with Crippen molar-refractivity contribution in [3.05, 3.63) is 0 Å². The maximum atomic E-state index is 5.72. The lowest BCUT2D eigenvalue weighted by molar-refractivity contribution is 0.704. The number of alkyl halides is 1. The monoisotopic (exact) mass is 206 g/mol. The van der Waals surface area contributed by atoms with E-state index >= 15 is 0 Å². The molecular formula is C10H23ClSi. The van der Waals surface area contributed by atoms with Gasteiger partial charge in [-0.25, -0.2) is 0 Å². The third kappa shape index (κ3) is 4.51. The minimum Gasteiger partial charge on any atom is -0.127 e. The third-order valence-corrected chi connectivity index (χ3v) is 7.70. The first-order valence-electron chi connectivity index (χ1n) is 4.95. The molecule has 1 atom stereocenters. The standard InChI is InChI=1S/C10H23ClSi/c1-9(2)12(8-6-7-11)10(3,4)5/h9,12H,6-8H2,1-5H3. The Kier molecular flexibility index (Phi) is 5.51. The minimum atomic E-state index is -0.597. The Morgan fingerprint density at radius 2 is 1.75 bits per heavy atom. The van der Waals surface area contributed by atoms with Crippen molar-refractivity contribution in [2.75, 3.05) is 5.88 Å². The molecule has 12 heavy (non-hydrogen) atoms. The summed E-state index contributed by atoms with van der Waals surface area (Å²) in [5, 5.41) is 0.570. The summed E-state index contributed by atoms with van der Waals surface area (Å²) in [7, 11) is -0.597. The normalized spacial score (nSPS) is 15.2. The quantitative estimate of drug-likeness (QED) is 0.481. The van der Waals surface area contributed by atoms with Gasteiger partial charge in [-0.05, 0) is 11.5 Å². The fourth-order valence-corrected chi connectivity index (χ4v) is 6.65. The Balaban J connectivity index is 4.05. The van der Waals surface area contributed by atoms with Crippen LogP contribution in [0.4, 0.5) is 0 Å². The van der Waals surface area contributed by atoms with Gasteiger partial charge in [0.2, 0.25) is 0 Å². The van der Waals surface area contributed by atoms with Crippen molar-refractivity contribution in [3.8, 4) is 0 Å². The molecule has 0 aliphatic rings. The summed E-state index contributed by atoms with van der Waals surface area (Å²) in [5.41, 5.74) is 0.910. The molecule has 0 N–H and O–H groups in total. The van der Waals surface area contributed by atoms with Gasteiger partial charge >= 0.3 is 0 Å². The van der Waals surface area contributed by atoms with Gasteiger partial charge in [-0.2, -0.15) is 0 Å². The molecular weight excluding hydrogens is 184 g/mol. The molecule has 0 rings (SSSR count). The third-order valence-electron chi connectivity index (χ3n) is 2.57. The zero-order valence-electron chi connectivity index (χ0n) is 9.15. The molecule has 0 aromatic carbocycles. The van der Waals surface area contributed by atoms with Crippen LogP contribution in [0.2, 0.25) is 16.6 Å². The molecule has 2 heteroatoms. The van der Waals surface area contributed by atoms with Crippen LogP contribution in [-0.4, -0.2) is 14.7 Å². The van der Waals surface area contributed by atoms with Crippen LogP contribution in [0.15, 0.2) is 0 Å². The van der Waals surface area contributed by atoms with Gasteiger partial charge in [-0.1, -0.05) is 46.2 Å². The first kappa shape index (κ1) is 12.5. The highest BCUT2D eigenvalue weighted by molar-refractivity contribution is 6.63. The van der Waals surface area contributed by atoms with Gasteiger partial charge in [0.1, 0.15) is 0 Å². The van der Waals surface area contributed by atoms with Gasteiger partial charge in [-0.15, -0.1) is 11.6 Å². The fraction of sp³-hybridized carbons (Fsp3) is 1.00. The fourth-order valence-electron chi connectivity index (χ4n) is 2.06. The molecule has 0 saturated carbocycles. The van der Waals surface area contributed by atoms with Crippen molar-refractivity contribution in [1.29, 1.82) is 0 Å². The van der Waals surface area contributed by atoms with E-state index in [4.69, 9.17) is 11.6 Å². The highest BCUT2D eigenvalue weighted by Gasteiger charge is 2.27. The summed E-state index contributed by atoms with van der Waals surface area (Å²) >= 11 is 5.72. The van der Waals surface area contributed by atoms with E-state index in [2.05, 4.69) is 34.6 Å². The summed E-state index contributed by atoms with van der Waals surface area (Å²) in [4.78, 5) is 0. The number of hydrogen-bond donors (Lipinski definition) is 0. The summed E-state index contributed by atoms with van der Waals surface area (Å²) in [6, 6.07) is 1.41. The second-order valence-electron chi connectivity index (χ2n) is 5.05. The lowest BCUT2D eigenvalue weighted by Crippen LogP contribution is -2.28. The van der Waals surface area contributed by atoms with Crippen LogP contribution in [0.3, 0.4) is 0 Å². The lowest BCUT2D eigenvalue weighted by Gasteiger charge is -2.32. The molecule has 0 radical (unpaired) electrons. The van der Waals surface area contributed by atoms with Crippen molar-refractivity contribution in [1.82, 2.24) is 0 Å². The predicted molar refractivity (Wildman–Crippen MR) is 62.1 cm³/mol. The number of hydrogen-bond acceptors (Lipinski definition) is 0. The van der Waals surface area contributed by atoms with Crippen molar-refractivity contribution in [2.24, 2.45) is 0 Å². The summed E-state index contributed by atoms with van der Waals surface area (Å²) < 4.78 is 0. The van der Waals surface area contributed by atoms with Gasteiger partial charge in [0, 0.05) is 14.7 Å². The van der Waals surface area contributed by atoms with Gasteiger partial charge in [-0.3, -0.25) is 0 Å². The van der Waals surface area contributed by atoms with E-state index in [9.17, 15) is 0 Å². The molecule has 1 unspecified atom stereocenters. The largest absolute Gasteiger partial charge is 0.127 e. The molecule has 0 aliphatic carbocycles. The minimum absolute atomic E-state index is 0.570. The Morgan fingerprint density at radius 1 is 1.25 bits per heavy atom. The molecule has 0 nitrogen and oxygen atoms in total. The maximum absolute atomic E-state index is 5.72. The topological polar surface area (TPSA) is 0 Å². The van der Waals surface area contributed by atoms with Crippen molar-refractivity contribution in [2.45, 2.75) is 57.7 Å². The molecule has 0 aromatic heterocycles. The average Bonchev–Trinajstić information content (AvgIpc) is 1.84. The van der Waals surface area contributed by atoms with Gasteiger partial charge < -0.3 is 0 Å². The van der Waals surface area contributed by atoms with Gasteiger partial charge in [0.15, 0.2) is 0 Å². The molecule has 74 valence electrons. The smallest absolute Gasteiger partial charge is 0.0448 e. The highest BCUT2D eigenvalue weighted by Crippen LogP contribution is 2.36. The molecule has 0 heterocycles. The van der Waals surface area contributed by atoms with Crippen LogP contribution >= 0.6 is 11.6 Å². The Hall–Kier alpha value is 0.507. The Bertz CT molecular complexity index is 115. The second kappa shape index (κ2) is 5.28. The van der Waals surface area contributed by atoms with Crippen LogP contribution in [0.25, 0.3) is 0 Å². The SMILES string of the molecule is CC(C)[SiH](CCCCl)C(C)(C)C. The average molecular weight is 207 g/mol. The Labute approximate surface area is 84.3 Å². The lowest BCUT2D eigenvalue weighted by atomic mass is 10.2. The van der Waals surface area contributed by atoms with Gasteiger partial charge in [0.25, 0.3) is 0 Å². The second-order valence-corrected chi connectivity index (χ2v) is 10.3. The van der Waals surface area contributed by atoms with Gasteiger partial charge in [0.05, 0.1) is 0 Å².